The number of carboxylic acid groups (broad SMARTS) is 1. The van der Waals surface area contributed by atoms with Crippen molar-refractivity contribution in [3.8, 4) is 0 Å². The number of carbonyl (C=O) groups excluding carboxylic acids is 1. The summed E-state index contributed by atoms with van der Waals surface area (Å²) in [6.07, 6.45) is -0.222. The molecule has 0 saturated carbocycles. The van der Waals surface area contributed by atoms with E-state index < -0.39 is 40.5 Å². The van der Waals surface area contributed by atoms with Gasteiger partial charge in [0.2, 0.25) is 0 Å². The number of hydrogen-bond donors (Lipinski definition) is 4. The molecule has 0 saturated heterocycles. The van der Waals surface area contributed by atoms with Crippen molar-refractivity contribution >= 4 is 22.4 Å². The fourth-order valence-corrected chi connectivity index (χ4v) is 1.26. The lowest BCUT2D eigenvalue weighted by atomic mass is 10.1. The Morgan fingerprint density at radius 3 is 2.40 bits per heavy atom. The second-order valence-electron chi connectivity index (χ2n) is 2.85. The standard InChI is InChI=1S/C6H12N2O6S/c7-4(2-9)5(1-6(10)11)8-3-15(12,13)14/h2,4-5,8H,1,3,7H2,(H,10,11)(H,12,13,14)/t4-,5?/m1/s1. The Balaban J connectivity index is 4.37. The summed E-state index contributed by atoms with van der Waals surface area (Å²) in [5.41, 5.74) is 5.22. The summed E-state index contributed by atoms with van der Waals surface area (Å²) in [6.45, 7) is 0. The topological polar surface area (TPSA) is 147 Å². The van der Waals surface area contributed by atoms with E-state index in [1.165, 1.54) is 0 Å². The van der Waals surface area contributed by atoms with Crippen LogP contribution in [0.25, 0.3) is 0 Å². The normalized spacial score (nSPS) is 15.6. The fraction of sp³-hybridized carbons (Fsp3) is 0.667. The van der Waals surface area contributed by atoms with Crippen LogP contribution < -0.4 is 11.1 Å². The smallest absolute Gasteiger partial charge is 0.305 e. The van der Waals surface area contributed by atoms with E-state index in [2.05, 4.69) is 5.32 Å². The SMILES string of the molecule is N[C@H](C=O)C(CC(=O)O)NCS(=O)(=O)O. The van der Waals surface area contributed by atoms with Gasteiger partial charge in [-0.3, -0.25) is 14.7 Å². The molecule has 88 valence electrons. The number of nitrogens with one attached hydrogen (secondary N) is 1. The summed E-state index contributed by atoms with van der Waals surface area (Å²) < 4.78 is 29.1. The lowest BCUT2D eigenvalue weighted by Crippen LogP contribution is -2.48. The average molecular weight is 240 g/mol. The molecule has 0 aliphatic rings. The van der Waals surface area contributed by atoms with E-state index >= 15 is 0 Å². The van der Waals surface area contributed by atoms with Crippen molar-refractivity contribution in [1.82, 2.24) is 5.32 Å². The predicted octanol–water partition coefficient (Wildman–Crippen LogP) is -2.21. The second-order valence-corrected chi connectivity index (χ2v) is 4.30. The molecule has 0 aromatic carbocycles. The number of aldehydes is 1. The first-order chi connectivity index (χ1) is 6.76. The maximum atomic E-state index is 10.3. The van der Waals surface area contributed by atoms with E-state index in [4.69, 9.17) is 15.4 Å². The number of hydrogen-bond acceptors (Lipinski definition) is 6. The molecule has 0 fully saturated rings. The van der Waals surface area contributed by atoms with Crippen LogP contribution in [0.3, 0.4) is 0 Å². The van der Waals surface area contributed by atoms with Crippen LogP contribution in [0.5, 0.6) is 0 Å². The summed E-state index contributed by atoms with van der Waals surface area (Å²) >= 11 is 0. The predicted molar refractivity (Wildman–Crippen MR) is 49.6 cm³/mol. The average Bonchev–Trinajstić information content (AvgIpc) is 2.09. The maximum Gasteiger partial charge on any atom is 0.305 e. The molecule has 0 aromatic heterocycles. The minimum atomic E-state index is -4.27. The Labute approximate surface area is 86.2 Å². The summed E-state index contributed by atoms with van der Waals surface area (Å²) in [5.74, 6) is -2.09. The van der Waals surface area contributed by atoms with Gasteiger partial charge < -0.3 is 15.6 Å². The molecular weight excluding hydrogens is 228 g/mol. The molecule has 0 aliphatic heterocycles. The summed E-state index contributed by atoms with van der Waals surface area (Å²) in [7, 11) is -4.27. The van der Waals surface area contributed by atoms with Crippen LogP contribution in [0.15, 0.2) is 0 Å². The molecule has 0 spiro atoms. The Morgan fingerprint density at radius 1 is 1.53 bits per heavy atom. The van der Waals surface area contributed by atoms with Gasteiger partial charge in [0, 0.05) is 6.04 Å². The zero-order valence-corrected chi connectivity index (χ0v) is 8.48. The van der Waals surface area contributed by atoms with Gasteiger partial charge in [-0.2, -0.15) is 8.42 Å². The number of carbonyl (C=O) groups is 2. The molecule has 0 aliphatic carbocycles. The molecule has 15 heavy (non-hydrogen) atoms. The Kier molecular flexibility index (Phi) is 5.36. The largest absolute Gasteiger partial charge is 0.481 e. The Bertz CT molecular complexity index is 327. The fourth-order valence-electron chi connectivity index (χ4n) is 0.840. The maximum absolute atomic E-state index is 10.3. The van der Waals surface area contributed by atoms with Crippen LogP contribution in [0.1, 0.15) is 6.42 Å². The number of nitrogens with two attached hydrogens (primary N) is 1. The van der Waals surface area contributed by atoms with Crippen molar-refractivity contribution in [1.29, 1.82) is 0 Å². The van der Waals surface area contributed by atoms with Gasteiger partial charge in [0.1, 0.15) is 12.2 Å². The monoisotopic (exact) mass is 240 g/mol. The number of carboxylic acids is 1. The third-order valence-corrected chi connectivity index (χ3v) is 2.08. The van der Waals surface area contributed by atoms with Gasteiger partial charge in [-0.15, -0.1) is 0 Å². The van der Waals surface area contributed by atoms with Crippen LogP contribution in [0.2, 0.25) is 0 Å². The van der Waals surface area contributed by atoms with Gasteiger partial charge in [-0.1, -0.05) is 0 Å². The summed E-state index contributed by atoms with van der Waals surface area (Å²) in [6, 6.07) is -2.19. The molecule has 0 amide bonds. The summed E-state index contributed by atoms with van der Waals surface area (Å²) in [5, 5.41) is 10.6. The van der Waals surface area contributed by atoms with Crippen molar-refractivity contribution in [3.63, 3.8) is 0 Å². The highest BCUT2D eigenvalue weighted by atomic mass is 32.2. The Hall–Kier alpha value is -1.03. The molecule has 0 aromatic rings. The zero-order valence-electron chi connectivity index (χ0n) is 7.66. The van der Waals surface area contributed by atoms with E-state index in [1.807, 2.05) is 0 Å². The number of aliphatic carboxylic acids is 1. The van der Waals surface area contributed by atoms with Gasteiger partial charge in [0.05, 0.1) is 12.5 Å². The summed E-state index contributed by atoms with van der Waals surface area (Å²) in [4.78, 5) is 20.6. The highest BCUT2D eigenvalue weighted by Gasteiger charge is 2.21. The molecular formula is C6H12N2O6S. The van der Waals surface area contributed by atoms with Crippen LogP contribution in [-0.2, 0) is 19.7 Å². The molecule has 2 atom stereocenters. The highest BCUT2D eigenvalue weighted by molar-refractivity contribution is 7.85. The van der Waals surface area contributed by atoms with E-state index in [0.717, 1.165) is 0 Å². The first-order valence-electron chi connectivity index (χ1n) is 3.87. The van der Waals surface area contributed by atoms with Gasteiger partial charge in [-0.25, -0.2) is 0 Å². The minimum Gasteiger partial charge on any atom is -0.481 e. The van der Waals surface area contributed by atoms with Crippen molar-refractivity contribution in [2.24, 2.45) is 5.73 Å². The lowest BCUT2D eigenvalue weighted by molar-refractivity contribution is -0.137. The molecule has 5 N–H and O–H groups in total. The van der Waals surface area contributed by atoms with Crippen molar-refractivity contribution in [2.75, 3.05) is 5.88 Å². The first kappa shape index (κ1) is 14.0. The van der Waals surface area contributed by atoms with Crippen molar-refractivity contribution in [3.05, 3.63) is 0 Å². The zero-order chi connectivity index (χ0) is 12.1. The quantitative estimate of drug-likeness (QED) is 0.289. The third kappa shape index (κ3) is 6.96. The molecule has 0 radical (unpaired) electrons. The molecule has 0 heterocycles. The second kappa shape index (κ2) is 5.75. The lowest BCUT2D eigenvalue weighted by Gasteiger charge is -2.18. The van der Waals surface area contributed by atoms with Gasteiger partial charge in [-0.05, 0) is 0 Å². The van der Waals surface area contributed by atoms with Gasteiger partial charge in [0.15, 0.2) is 0 Å². The van der Waals surface area contributed by atoms with Crippen LogP contribution in [0, 0.1) is 0 Å². The molecule has 0 bridgehead atoms. The van der Waals surface area contributed by atoms with Crippen LogP contribution in [0.4, 0.5) is 0 Å². The molecule has 1 unspecified atom stereocenters. The van der Waals surface area contributed by atoms with Crippen molar-refractivity contribution < 1.29 is 27.7 Å². The van der Waals surface area contributed by atoms with Gasteiger partial charge >= 0.3 is 5.97 Å². The minimum absolute atomic E-state index is 0.296. The van der Waals surface area contributed by atoms with E-state index in [1.54, 1.807) is 0 Å². The molecule has 0 rings (SSSR count). The first-order valence-corrected chi connectivity index (χ1v) is 5.48. The van der Waals surface area contributed by atoms with E-state index in [0.29, 0.717) is 6.29 Å². The number of rotatable bonds is 7. The molecule has 9 heteroatoms. The van der Waals surface area contributed by atoms with Gasteiger partial charge in [0.25, 0.3) is 10.1 Å². The molecule has 8 nitrogen and oxygen atoms in total. The Morgan fingerprint density at radius 2 is 2.07 bits per heavy atom. The third-order valence-electron chi connectivity index (χ3n) is 1.54. The highest BCUT2D eigenvalue weighted by Crippen LogP contribution is 1.96. The van der Waals surface area contributed by atoms with E-state index in [-0.39, 0.29) is 0 Å². The van der Waals surface area contributed by atoms with Crippen molar-refractivity contribution in [2.45, 2.75) is 18.5 Å². The van der Waals surface area contributed by atoms with E-state index in [9.17, 15) is 18.0 Å². The van der Waals surface area contributed by atoms with Crippen LogP contribution in [-0.4, -0.2) is 48.3 Å². The van der Waals surface area contributed by atoms with Crippen LogP contribution >= 0.6 is 0 Å².